The maximum absolute atomic E-state index is 11.8. The van der Waals surface area contributed by atoms with Gasteiger partial charge < -0.3 is 9.73 Å². The Kier molecular flexibility index (Phi) is 4.38. The first-order chi connectivity index (χ1) is 11.2. The maximum atomic E-state index is 11.8. The quantitative estimate of drug-likeness (QED) is 0.737. The third-order valence-electron chi connectivity index (χ3n) is 3.40. The number of carbonyl (C=O) groups excluding carboxylic acids is 1. The van der Waals surface area contributed by atoms with Crippen molar-refractivity contribution in [1.29, 1.82) is 0 Å². The van der Waals surface area contributed by atoms with E-state index in [-0.39, 0.29) is 5.91 Å². The number of rotatable bonds is 5. The van der Waals surface area contributed by atoms with Crippen molar-refractivity contribution in [3.63, 3.8) is 0 Å². The van der Waals surface area contributed by atoms with E-state index in [4.69, 9.17) is 4.42 Å². The minimum Gasteiger partial charge on any atom is -0.458 e. The first-order valence-corrected chi connectivity index (χ1v) is 7.30. The number of amides is 1. The highest BCUT2D eigenvalue weighted by atomic mass is 16.3. The standard InChI is InChI=1S/C18H17N3O2/c1-21-16(11-12-20-21)17-9-8-15(23-17)13-19-18(22)10-7-14-5-3-2-4-6-14/h2-12H,13H2,1H3,(H,19,22). The van der Waals surface area contributed by atoms with E-state index in [0.29, 0.717) is 12.3 Å². The van der Waals surface area contributed by atoms with Crippen molar-refractivity contribution in [2.24, 2.45) is 7.05 Å². The van der Waals surface area contributed by atoms with Gasteiger partial charge in [0, 0.05) is 19.3 Å². The van der Waals surface area contributed by atoms with Crippen LogP contribution in [0.4, 0.5) is 0 Å². The Morgan fingerprint density at radius 1 is 1.22 bits per heavy atom. The zero-order chi connectivity index (χ0) is 16.1. The van der Waals surface area contributed by atoms with Gasteiger partial charge in [-0.2, -0.15) is 5.10 Å². The van der Waals surface area contributed by atoms with Crippen molar-refractivity contribution in [3.05, 3.63) is 72.1 Å². The van der Waals surface area contributed by atoms with E-state index in [1.165, 1.54) is 6.08 Å². The third-order valence-corrected chi connectivity index (χ3v) is 3.40. The van der Waals surface area contributed by atoms with Crippen LogP contribution < -0.4 is 5.32 Å². The van der Waals surface area contributed by atoms with E-state index in [1.807, 2.05) is 55.6 Å². The Morgan fingerprint density at radius 3 is 2.78 bits per heavy atom. The number of aromatic nitrogens is 2. The molecule has 3 rings (SSSR count). The van der Waals surface area contributed by atoms with E-state index in [9.17, 15) is 4.79 Å². The third kappa shape index (κ3) is 3.77. The number of benzene rings is 1. The van der Waals surface area contributed by atoms with Crippen LogP contribution in [0, 0.1) is 0 Å². The summed E-state index contributed by atoms with van der Waals surface area (Å²) in [5.41, 5.74) is 1.88. The summed E-state index contributed by atoms with van der Waals surface area (Å²) in [5, 5.41) is 6.91. The molecule has 0 fully saturated rings. The lowest BCUT2D eigenvalue weighted by atomic mass is 10.2. The number of nitrogens with one attached hydrogen (secondary N) is 1. The molecule has 0 aliphatic rings. The van der Waals surface area contributed by atoms with Gasteiger partial charge in [-0.15, -0.1) is 0 Å². The molecule has 0 aliphatic heterocycles. The minimum absolute atomic E-state index is 0.160. The second-order valence-electron chi connectivity index (χ2n) is 5.07. The van der Waals surface area contributed by atoms with Crippen molar-refractivity contribution in [3.8, 4) is 11.5 Å². The lowest BCUT2D eigenvalue weighted by Crippen LogP contribution is -2.19. The van der Waals surface area contributed by atoms with Crippen molar-refractivity contribution in [1.82, 2.24) is 15.1 Å². The van der Waals surface area contributed by atoms with E-state index in [1.54, 1.807) is 17.0 Å². The molecule has 2 aromatic heterocycles. The molecule has 0 radical (unpaired) electrons. The van der Waals surface area contributed by atoms with Gasteiger partial charge in [0.2, 0.25) is 5.91 Å². The zero-order valence-corrected chi connectivity index (χ0v) is 12.8. The molecule has 116 valence electrons. The molecule has 5 heteroatoms. The first-order valence-electron chi connectivity index (χ1n) is 7.30. The van der Waals surface area contributed by atoms with Crippen molar-refractivity contribution >= 4 is 12.0 Å². The van der Waals surface area contributed by atoms with Gasteiger partial charge in [-0.1, -0.05) is 30.3 Å². The van der Waals surface area contributed by atoms with E-state index >= 15 is 0 Å². The predicted octanol–water partition coefficient (Wildman–Crippen LogP) is 3.01. The predicted molar refractivity (Wildman–Crippen MR) is 88.2 cm³/mol. The first kappa shape index (κ1) is 14.8. The molecule has 1 amide bonds. The largest absolute Gasteiger partial charge is 0.458 e. The van der Waals surface area contributed by atoms with E-state index in [2.05, 4.69) is 10.4 Å². The molecule has 0 atom stereocenters. The van der Waals surface area contributed by atoms with Gasteiger partial charge in [-0.05, 0) is 29.8 Å². The zero-order valence-electron chi connectivity index (χ0n) is 12.8. The molecule has 5 nitrogen and oxygen atoms in total. The normalized spacial score (nSPS) is 11.0. The Labute approximate surface area is 134 Å². The molecule has 1 aromatic carbocycles. The van der Waals surface area contributed by atoms with Crippen LogP contribution in [0.3, 0.4) is 0 Å². The fourth-order valence-electron chi connectivity index (χ4n) is 2.20. The topological polar surface area (TPSA) is 60.1 Å². The summed E-state index contributed by atoms with van der Waals surface area (Å²) in [5.74, 6) is 1.27. The Hall–Kier alpha value is -3.08. The molecular weight excluding hydrogens is 290 g/mol. The van der Waals surface area contributed by atoms with Crippen molar-refractivity contribution in [2.45, 2.75) is 6.54 Å². The molecule has 0 spiro atoms. The number of hydrogen-bond acceptors (Lipinski definition) is 3. The van der Waals surface area contributed by atoms with Crippen LogP contribution >= 0.6 is 0 Å². The summed E-state index contributed by atoms with van der Waals surface area (Å²) >= 11 is 0. The molecule has 23 heavy (non-hydrogen) atoms. The Bertz CT molecular complexity index is 816. The van der Waals surface area contributed by atoms with Crippen molar-refractivity contribution in [2.75, 3.05) is 0 Å². The van der Waals surface area contributed by atoms with Gasteiger partial charge in [-0.3, -0.25) is 9.48 Å². The van der Waals surface area contributed by atoms with Crippen LogP contribution in [0.25, 0.3) is 17.5 Å². The molecule has 3 aromatic rings. The summed E-state index contributed by atoms with van der Waals surface area (Å²) < 4.78 is 7.46. The van der Waals surface area contributed by atoms with Crippen molar-refractivity contribution < 1.29 is 9.21 Å². The Morgan fingerprint density at radius 2 is 2.04 bits per heavy atom. The molecule has 0 bridgehead atoms. The second kappa shape index (κ2) is 6.79. The van der Waals surface area contributed by atoms with Crippen LogP contribution in [0.2, 0.25) is 0 Å². The number of furan rings is 1. The van der Waals surface area contributed by atoms with Crippen LogP contribution in [0.15, 0.2) is 65.2 Å². The average molecular weight is 307 g/mol. The summed E-state index contributed by atoms with van der Waals surface area (Å²) in [6.45, 7) is 0.343. The molecular formula is C18H17N3O2. The molecule has 0 saturated carbocycles. The van der Waals surface area contributed by atoms with Gasteiger partial charge in [0.25, 0.3) is 0 Å². The van der Waals surface area contributed by atoms with Crippen LogP contribution in [-0.2, 0) is 18.4 Å². The average Bonchev–Trinajstić information content (AvgIpc) is 3.20. The molecule has 0 aliphatic carbocycles. The van der Waals surface area contributed by atoms with Crippen LogP contribution in [-0.4, -0.2) is 15.7 Å². The minimum atomic E-state index is -0.160. The summed E-state index contributed by atoms with van der Waals surface area (Å²) in [7, 11) is 1.85. The highest BCUT2D eigenvalue weighted by molar-refractivity contribution is 5.91. The van der Waals surface area contributed by atoms with Gasteiger partial charge in [0.1, 0.15) is 11.5 Å². The Balaban J connectivity index is 1.57. The highest BCUT2D eigenvalue weighted by Crippen LogP contribution is 2.20. The lowest BCUT2D eigenvalue weighted by Gasteiger charge is -2.00. The van der Waals surface area contributed by atoms with Gasteiger partial charge >= 0.3 is 0 Å². The van der Waals surface area contributed by atoms with Gasteiger partial charge in [0.15, 0.2) is 5.76 Å². The molecule has 2 heterocycles. The molecule has 0 saturated heterocycles. The van der Waals surface area contributed by atoms with Gasteiger partial charge in [0.05, 0.1) is 6.54 Å². The summed E-state index contributed by atoms with van der Waals surface area (Å²) in [4.78, 5) is 11.8. The number of carbonyl (C=O) groups is 1. The van der Waals surface area contributed by atoms with Crippen LogP contribution in [0.1, 0.15) is 11.3 Å². The van der Waals surface area contributed by atoms with Gasteiger partial charge in [-0.25, -0.2) is 0 Å². The molecule has 1 N–H and O–H groups in total. The summed E-state index contributed by atoms with van der Waals surface area (Å²) in [6, 6.07) is 15.3. The number of nitrogens with zero attached hydrogens (tertiary/aromatic N) is 2. The fourth-order valence-corrected chi connectivity index (χ4v) is 2.20. The second-order valence-corrected chi connectivity index (χ2v) is 5.07. The number of aryl methyl sites for hydroxylation is 1. The highest BCUT2D eigenvalue weighted by Gasteiger charge is 2.08. The maximum Gasteiger partial charge on any atom is 0.244 e. The SMILES string of the molecule is Cn1nccc1-c1ccc(CNC(=O)C=Cc2ccccc2)o1. The lowest BCUT2D eigenvalue weighted by molar-refractivity contribution is -0.116. The summed E-state index contributed by atoms with van der Waals surface area (Å²) in [6.07, 6.45) is 5.01. The smallest absolute Gasteiger partial charge is 0.244 e. The molecule has 0 unspecified atom stereocenters. The fraction of sp³-hybridized carbons (Fsp3) is 0.111. The monoisotopic (exact) mass is 307 g/mol. The van der Waals surface area contributed by atoms with E-state index < -0.39 is 0 Å². The number of hydrogen-bond donors (Lipinski definition) is 1. The van der Waals surface area contributed by atoms with Crippen LogP contribution in [0.5, 0.6) is 0 Å². The van der Waals surface area contributed by atoms with E-state index in [0.717, 1.165) is 17.0 Å².